The first-order chi connectivity index (χ1) is 45.4. The van der Waals surface area contributed by atoms with E-state index in [2.05, 4.69) is 41.5 Å². The molecular weight excluding hydrogens is 1230 g/mol. The zero-order chi connectivity index (χ0) is 69.3. The van der Waals surface area contributed by atoms with Crippen LogP contribution in [0.2, 0.25) is 0 Å². The predicted molar refractivity (Wildman–Crippen MR) is 381 cm³/mol. The van der Waals surface area contributed by atoms with Gasteiger partial charge in [-0.25, -0.2) is 9.13 Å². The largest absolute Gasteiger partial charge is 0.472 e. The molecule has 94 heavy (non-hydrogen) atoms. The van der Waals surface area contributed by atoms with Gasteiger partial charge in [0.05, 0.1) is 26.4 Å². The summed E-state index contributed by atoms with van der Waals surface area (Å²) >= 11 is 0. The number of aliphatic hydroxyl groups is 1. The molecule has 558 valence electrons. The summed E-state index contributed by atoms with van der Waals surface area (Å²) in [6, 6.07) is 0. The quantitative estimate of drug-likeness (QED) is 0.0222. The standard InChI is InChI=1S/C75H146O17P2/c1-7-11-13-15-17-19-21-23-25-26-28-30-36-40-48-54-60-74(79)91-70(63-85-72(77)57-51-45-38-34-32-31-33-37-43-49-55-67(5)9-3)65-89-93(81,82)87-61-69(76)62-88-94(83,84)90-66-71(64-86-73(78)58-52-46-42-41-44-50-56-68(6)10-4)92-75(80)59-53-47-39-35-29-27-24-22-20-18-16-14-12-8-2/h67-71,76H,7-66H2,1-6H3,(H,81,82)(H,83,84)/t67?,68?,69-,70-,71-/m1/s1. The molecule has 17 nitrogen and oxygen atoms in total. The number of hydrogen-bond donors (Lipinski definition) is 3. The molecule has 0 aliphatic rings. The summed E-state index contributed by atoms with van der Waals surface area (Å²) in [5, 5.41) is 10.6. The normalized spacial score (nSPS) is 14.6. The van der Waals surface area contributed by atoms with Crippen LogP contribution in [0.15, 0.2) is 0 Å². The molecule has 0 aromatic rings. The number of hydrogen-bond acceptors (Lipinski definition) is 15. The van der Waals surface area contributed by atoms with Crippen molar-refractivity contribution in [1.29, 1.82) is 0 Å². The summed E-state index contributed by atoms with van der Waals surface area (Å²) in [6.07, 6.45) is 53.9. The average molecular weight is 1380 g/mol. The fourth-order valence-electron chi connectivity index (χ4n) is 11.4. The summed E-state index contributed by atoms with van der Waals surface area (Å²) in [5.74, 6) is -0.575. The number of rotatable bonds is 74. The zero-order valence-electron chi connectivity index (χ0n) is 61.3. The van der Waals surface area contributed by atoms with Crippen LogP contribution in [0.3, 0.4) is 0 Å². The van der Waals surface area contributed by atoms with Gasteiger partial charge in [0.25, 0.3) is 0 Å². The minimum Gasteiger partial charge on any atom is -0.462 e. The van der Waals surface area contributed by atoms with Crippen molar-refractivity contribution in [2.75, 3.05) is 39.6 Å². The summed E-state index contributed by atoms with van der Waals surface area (Å²) in [5.41, 5.74) is 0. The van der Waals surface area contributed by atoms with Crippen molar-refractivity contribution < 1.29 is 80.2 Å². The number of phosphoric acid groups is 2. The molecule has 0 saturated heterocycles. The van der Waals surface area contributed by atoms with E-state index in [1.54, 1.807) is 0 Å². The molecule has 0 amide bonds. The van der Waals surface area contributed by atoms with Crippen LogP contribution < -0.4 is 0 Å². The van der Waals surface area contributed by atoms with Crippen molar-refractivity contribution in [2.45, 2.75) is 407 Å². The van der Waals surface area contributed by atoms with Gasteiger partial charge in [0.15, 0.2) is 12.2 Å². The Hall–Kier alpha value is -1.94. The number of carbonyl (C=O) groups is 4. The first-order valence-corrected chi connectivity index (χ1v) is 42.1. The molecule has 0 bridgehead atoms. The van der Waals surface area contributed by atoms with Gasteiger partial charge in [-0.1, -0.05) is 337 Å². The van der Waals surface area contributed by atoms with Crippen LogP contribution in [-0.4, -0.2) is 96.7 Å². The monoisotopic (exact) mass is 1380 g/mol. The van der Waals surface area contributed by atoms with Crippen molar-refractivity contribution >= 4 is 39.5 Å². The highest BCUT2D eigenvalue weighted by Gasteiger charge is 2.30. The van der Waals surface area contributed by atoms with E-state index in [1.807, 2.05) is 0 Å². The second-order valence-corrected chi connectivity index (χ2v) is 30.4. The molecule has 0 aromatic heterocycles. The van der Waals surface area contributed by atoms with Gasteiger partial charge in [-0.15, -0.1) is 0 Å². The lowest BCUT2D eigenvalue weighted by Crippen LogP contribution is -2.30. The summed E-state index contributed by atoms with van der Waals surface area (Å²) in [7, 11) is -9.91. The van der Waals surface area contributed by atoms with E-state index in [0.29, 0.717) is 25.7 Å². The summed E-state index contributed by atoms with van der Waals surface area (Å²) < 4.78 is 68.5. The molecule has 0 saturated carbocycles. The number of phosphoric ester groups is 2. The Labute approximate surface area is 575 Å². The average Bonchev–Trinajstić information content (AvgIpc) is 1.54. The minimum atomic E-state index is -4.96. The summed E-state index contributed by atoms with van der Waals surface area (Å²) in [6.45, 7) is 9.59. The molecule has 0 rings (SSSR count). The molecule has 0 heterocycles. The molecular formula is C75H146O17P2. The molecule has 3 N–H and O–H groups in total. The fraction of sp³-hybridized carbons (Fsp3) is 0.947. The molecule has 7 atom stereocenters. The molecule has 19 heteroatoms. The van der Waals surface area contributed by atoms with Crippen molar-refractivity contribution in [3.63, 3.8) is 0 Å². The third kappa shape index (κ3) is 66.0. The fourth-order valence-corrected chi connectivity index (χ4v) is 13.0. The number of aliphatic hydroxyl groups excluding tert-OH is 1. The van der Waals surface area contributed by atoms with E-state index in [1.165, 1.54) is 199 Å². The van der Waals surface area contributed by atoms with E-state index in [-0.39, 0.29) is 25.7 Å². The van der Waals surface area contributed by atoms with Gasteiger partial charge < -0.3 is 33.8 Å². The van der Waals surface area contributed by atoms with Crippen LogP contribution in [0.5, 0.6) is 0 Å². The smallest absolute Gasteiger partial charge is 0.462 e. The van der Waals surface area contributed by atoms with Crippen molar-refractivity contribution in [3.8, 4) is 0 Å². The van der Waals surface area contributed by atoms with Crippen molar-refractivity contribution in [3.05, 3.63) is 0 Å². The Morgan fingerprint density at radius 1 is 0.298 bits per heavy atom. The van der Waals surface area contributed by atoms with E-state index in [0.717, 1.165) is 108 Å². The zero-order valence-corrected chi connectivity index (χ0v) is 63.1. The van der Waals surface area contributed by atoms with Crippen LogP contribution in [0.25, 0.3) is 0 Å². The molecule has 0 fully saturated rings. The highest BCUT2D eigenvalue weighted by Crippen LogP contribution is 2.45. The van der Waals surface area contributed by atoms with Gasteiger partial charge in [-0.05, 0) is 37.5 Å². The number of esters is 4. The Balaban J connectivity index is 5.26. The van der Waals surface area contributed by atoms with Crippen molar-refractivity contribution in [1.82, 2.24) is 0 Å². The predicted octanol–water partition coefficient (Wildman–Crippen LogP) is 21.9. The maximum Gasteiger partial charge on any atom is 0.472 e. The Bertz CT molecular complexity index is 1820. The third-order valence-corrected chi connectivity index (χ3v) is 20.1. The lowest BCUT2D eigenvalue weighted by Gasteiger charge is -2.21. The Kier molecular flexibility index (Phi) is 65.5. The van der Waals surface area contributed by atoms with Crippen LogP contribution >= 0.6 is 15.6 Å². The third-order valence-electron chi connectivity index (χ3n) is 18.2. The molecule has 0 aliphatic carbocycles. The molecule has 0 radical (unpaired) electrons. The highest BCUT2D eigenvalue weighted by molar-refractivity contribution is 7.47. The number of ether oxygens (including phenoxy) is 4. The van der Waals surface area contributed by atoms with Crippen LogP contribution in [-0.2, 0) is 65.4 Å². The number of carbonyl (C=O) groups excluding carboxylic acids is 4. The van der Waals surface area contributed by atoms with Gasteiger partial charge in [0.1, 0.15) is 19.3 Å². The SMILES string of the molecule is CCCCCCCCCCCCCCCCCCC(=O)O[C@H](COC(=O)CCCCCCCCCCCCC(C)CC)COP(=O)(O)OC[C@@H](O)COP(=O)(O)OC[C@@H](COC(=O)CCCCCCCCC(C)CC)OC(=O)CCCCCCCCCCCCCCCC. The Morgan fingerprint density at radius 3 is 0.755 bits per heavy atom. The van der Waals surface area contributed by atoms with Gasteiger partial charge in [-0.3, -0.25) is 37.3 Å². The lowest BCUT2D eigenvalue weighted by molar-refractivity contribution is -0.161. The Morgan fingerprint density at radius 2 is 0.511 bits per heavy atom. The second-order valence-electron chi connectivity index (χ2n) is 27.5. The lowest BCUT2D eigenvalue weighted by atomic mass is 9.99. The molecule has 4 unspecified atom stereocenters. The second kappa shape index (κ2) is 66.9. The van der Waals surface area contributed by atoms with Crippen LogP contribution in [0, 0.1) is 11.8 Å². The van der Waals surface area contributed by atoms with E-state index >= 15 is 0 Å². The van der Waals surface area contributed by atoms with Crippen molar-refractivity contribution in [2.24, 2.45) is 11.8 Å². The summed E-state index contributed by atoms with van der Waals surface area (Å²) in [4.78, 5) is 72.8. The van der Waals surface area contributed by atoms with E-state index in [4.69, 9.17) is 37.0 Å². The maximum atomic E-state index is 13.1. The van der Waals surface area contributed by atoms with Gasteiger partial charge >= 0.3 is 39.5 Å². The van der Waals surface area contributed by atoms with Crippen LogP contribution in [0.4, 0.5) is 0 Å². The van der Waals surface area contributed by atoms with Gasteiger partial charge in [0, 0.05) is 25.7 Å². The van der Waals surface area contributed by atoms with Gasteiger partial charge in [0.2, 0.25) is 0 Å². The molecule has 0 spiro atoms. The minimum absolute atomic E-state index is 0.107. The first-order valence-electron chi connectivity index (χ1n) is 39.1. The topological polar surface area (TPSA) is 237 Å². The van der Waals surface area contributed by atoms with E-state index < -0.39 is 97.5 Å². The number of unbranched alkanes of at least 4 members (excludes halogenated alkanes) is 42. The maximum absolute atomic E-state index is 13.1. The van der Waals surface area contributed by atoms with E-state index in [9.17, 15) is 43.2 Å². The molecule has 0 aromatic carbocycles. The van der Waals surface area contributed by atoms with Crippen LogP contribution in [0.1, 0.15) is 388 Å². The highest BCUT2D eigenvalue weighted by atomic mass is 31.2. The van der Waals surface area contributed by atoms with Gasteiger partial charge in [-0.2, -0.15) is 0 Å². The first kappa shape index (κ1) is 92.1. The molecule has 0 aliphatic heterocycles.